The van der Waals surface area contributed by atoms with Gasteiger partial charge in [0.15, 0.2) is 0 Å². The van der Waals surface area contributed by atoms with Crippen LogP contribution in [-0.2, 0) is 4.74 Å². The molecule has 1 aromatic rings. The van der Waals surface area contributed by atoms with Crippen LogP contribution >= 0.6 is 0 Å². The molecule has 2 N–H and O–H groups in total. The zero-order chi connectivity index (χ0) is 12.5. The molecule has 2 atom stereocenters. The van der Waals surface area contributed by atoms with Gasteiger partial charge in [-0.3, -0.25) is 0 Å². The summed E-state index contributed by atoms with van der Waals surface area (Å²) in [5.74, 6) is 0. The van der Waals surface area contributed by atoms with Gasteiger partial charge in [0.2, 0.25) is 0 Å². The van der Waals surface area contributed by atoms with Crippen LogP contribution in [0.5, 0.6) is 0 Å². The molecule has 0 radical (unpaired) electrons. The molecule has 1 aromatic carbocycles. The van der Waals surface area contributed by atoms with E-state index in [-0.39, 0.29) is 11.6 Å². The van der Waals surface area contributed by atoms with Crippen LogP contribution in [-0.4, -0.2) is 12.2 Å². The van der Waals surface area contributed by atoms with Gasteiger partial charge in [-0.05, 0) is 56.7 Å². The van der Waals surface area contributed by atoms with Crippen molar-refractivity contribution in [1.29, 1.82) is 0 Å². The molecule has 1 aliphatic rings. The molecule has 0 aromatic heterocycles. The number of ether oxygens (including phenoxy) is 1. The molecule has 1 heterocycles. The molecular weight excluding hydrogens is 210 g/mol. The standard InChI is InChI=1S/C15H23NO/c1-11-7-6-8-13(12(11)2)14(16)15(3)9-4-5-10-17-15/h6-8,14H,4-5,9-10,16H2,1-3H3. The maximum Gasteiger partial charge on any atom is 0.0846 e. The van der Waals surface area contributed by atoms with Gasteiger partial charge in [-0.25, -0.2) is 0 Å². The van der Waals surface area contributed by atoms with Gasteiger partial charge in [0, 0.05) is 6.61 Å². The molecule has 0 aliphatic carbocycles. The lowest BCUT2D eigenvalue weighted by atomic mass is 9.82. The highest BCUT2D eigenvalue weighted by atomic mass is 16.5. The molecule has 0 spiro atoms. The molecule has 17 heavy (non-hydrogen) atoms. The zero-order valence-corrected chi connectivity index (χ0v) is 11.1. The third-order valence-corrected chi connectivity index (χ3v) is 4.14. The Morgan fingerprint density at radius 2 is 2.06 bits per heavy atom. The Morgan fingerprint density at radius 3 is 2.71 bits per heavy atom. The van der Waals surface area contributed by atoms with Crippen molar-refractivity contribution in [2.24, 2.45) is 5.73 Å². The Morgan fingerprint density at radius 1 is 1.29 bits per heavy atom. The smallest absolute Gasteiger partial charge is 0.0846 e. The number of rotatable bonds is 2. The van der Waals surface area contributed by atoms with Crippen LogP contribution in [0, 0.1) is 13.8 Å². The fourth-order valence-corrected chi connectivity index (χ4v) is 2.64. The summed E-state index contributed by atoms with van der Waals surface area (Å²) in [4.78, 5) is 0. The van der Waals surface area contributed by atoms with Gasteiger partial charge >= 0.3 is 0 Å². The Kier molecular flexibility index (Phi) is 3.55. The van der Waals surface area contributed by atoms with Crippen molar-refractivity contribution in [2.45, 2.75) is 51.7 Å². The van der Waals surface area contributed by atoms with Crippen LogP contribution in [0.4, 0.5) is 0 Å². The van der Waals surface area contributed by atoms with Crippen molar-refractivity contribution in [3.63, 3.8) is 0 Å². The van der Waals surface area contributed by atoms with E-state index in [0.717, 1.165) is 19.4 Å². The predicted molar refractivity (Wildman–Crippen MR) is 71.1 cm³/mol. The van der Waals surface area contributed by atoms with Gasteiger partial charge < -0.3 is 10.5 Å². The lowest BCUT2D eigenvalue weighted by Gasteiger charge is -2.39. The van der Waals surface area contributed by atoms with E-state index in [4.69, 9.17) is 10.5 Å². The number of hydrogen-bond donors (Lipinski definition) is 1. The number of hydrogen-bond acceptors (Lipinski definition) is 2. The molecule has 2 unspecified atom stereocenters. The van der Waals surface area contributed by atoms with E-state index in [9.17, 15) is 0 Å². The first-order valence-corrected chi connectivity index (χ1v) is 6.50. The van der Waals surface area contributed by atoms with E-state index in [1.165, 1.54) is 23.1 Å². The SMILES string of the molecule is Cc1cccc(C(N)C2(C)CCCCO2)c1C. The molecule has 1 fully saturated rings. The molecule has 0 saturated carbocycles. The zero-order valence-electron chi connectivity index (χ0n) is 11.1. The molecule has 94 valence electrons. The highest BCUT2D eigenvalue weighted by molar-refractivity contribution is 5.36. The van der Waals surface area contributed by atoms with Gasteiger partial charge in [0.05, 0.1) is 11.6 Å². The highest BCUT2D eigenvalue weighted by Crippen LogP contribution is 2.36. The summed E-state index contributed by atoms with van der Waals surface area (Å²) in [5, 5.41) is 0. The first-order chi connectivity index (χ1) is 8.04. The summed E-state index contributed by atoms with van der Waals surface area (Å²) >= 11 is 0. The van der Waals surface area contributed by atoms with Crippen LogP contribution in [0.2, 0.25) is 0 Å². The van der Waals surface area contributed by atoms with Crippen molar-refractivity contribution < 1.29 is 4.74 Å². The van der Waals surface area contributed by atoms with Crippen molar-refractivity contribution in [2.75, 3.05) is 6.61 Å². The third-order valence-electron chi connectivity index (χ3n) is 4.14. The normalized spacial score (nSPS) is 26.8. The Hall–Kier alpha value is -0.860. The lowest BCUT2D eigenvalue weighted by molar-refractivity contribution is -0.0821. The second kappa shape index (κ2) is 4.79. The Balaban J connectivity index is 2.29. The van der Waals surface area contributed by atoms with Gasteiger partial charge in [-0.1, -0.05) is 18.2 Å². The highest BCUT2D eigenvalue weighted by Gasteiger charge is 2.36. The fourth-order valence-electron chi connectivity index (χ4n) is 2.64. The van der Waals surface area contributed by atoms with Gasteiger partial charge in [0.25, 0.3) is 0 Å². The number of aryl methyl sites for hydroxylation is 1. The van der Waals surface area contributed by atoms with Crippen LogP contribution in [0.3, 0.4) is 0 Å². The molecule has 1 saturated heterocycles. The average molecular weight is 233 g/mol. The van der Waals surface area contributed by atoms with Gasteiger partial charge in [0.1, 0.15) is 0 Å². The fraction of sp³-hybridized carbons (Fsp3) is 0.600. The molecule has 2 heteroatoms. The lowest BCUT2D eigenvalue weighted by Crippen LogP contribution is -2.43. The second-order valence-electron chi connectivity index (χ2n) is 5.39. The third kappa shape index (κ3) is 2.38. The van der Waals surface area contributed by atoms with Crippen molar-refractivity contribution in [3.8, 4) is 0 Å². The topological polar surface area (TPSA) is 35.2 Å². The van der Waals surface area contributed by atoms with Crippen LogP contribution < -0.4 is 5.73 Å². The summed E-state index contributed by atoms with van der Waals surface area (Å²) in [6, 6.07) is 6.33. The predicted octanol–water partition coefficient (Wildman–Crippen LogP) is 3.26. The Bertz CT molecular complexity index is 394. The minimum absolute atomic E-state index is 0.0253. The summed E-state index contributed by atoms with van der Waals surface area (Å²) in [7, 11) is 0. The van der Waals surface area contributed by atoms with Gasteiger partial charge in [-0.2, -0.15) is 0 Å². The monoisotopic (exact) mass is 233 g/mol. The maximum absolute atomic E-state index is 6.45. The quantitative estimate of drug-likeness (QED) is 0.851. The van der Waals surface area contributed by atoms with Crippen molar-refractivity contribution in [3.05, 3.63) is 34.9 Å². The summed E-state index contributed by atoms with van der Waals surface area (Å²) in [5.41, 5.74) is 10.1. The van der Waals surface area contributed by atoms with Crippen LogP contribution in [0.25, 0.3) is 0 Å². The molecule has 2 rings (SSSR count). The minimum atomic E-state index is -0.198. The van der Waals surface area contributed by atoms with E-state index in [2.05, 4.69) is 39.0 Å². The first kappa shape index (κ1) is 12.6. The van der Waals surface area contributed by atoms with Crippen molar-refractivity contribution >= 4 is 0 Å². The van der Waals surface area contributed by atoms with E-state index in [1.54, 1.807) is 0 Å². The summed E-state index contributed by atoms with van der Waals surface area (Å²) in [6.07, 6.45) is 3.44. The molecular formula is C15H23NO. The van der Waals surface area contributed by atoms with E-state index < -0.39 is 0 Å². The van der Waals surface area contributed by atoms with Crippen LogP contribution in [0.1, 0.15) is 48.9 Å². The largest absolute Gasteiger partial charge is 0.373 e. The Labute approximate surface area is 104 Å². The van der Waals surface area contributed by atoms with E-state index >= 15 is 0 Å². The maximum atomic E-state index is 6.45. The second-order valence-corrected chi connectivity index (χ2v) is 5.39. The summed E-state index contributed by atoms with van der Waals surface area (Å²) < 4.78 is 5.95. The van der Waals surface area contributed by atoms with E-state index in [0.29, 0.717) is 0 Å². The summed E-state index contributed by atoms with van der Waals surface area (Å²) in [6.45, 7) is 7.28. The molecule has 2 nitrogen and oxygen atoms in total. The van der Waals surface area contributed by atoms with Crippen molar-refractivity contribution in [1.82, 2.24) is 0 Å². The molecule has 0 bridgehead atoms. The number of benzene rings is 1. The van der Waals surface area contributed by atoms with Gasteiger partial charge in [-0.15, -0.1) is 0 Å². The number of nitrogens with two attached hydrogens (primary N) is 1. The first-order valence-electron chi connectivity index (χ1n) is 6.50. The van der Waals surface area contributed by atoms with E-state index in [1.807, 2.05) is 0 Å². The average Bonchev–Trinajstić information content (AvgIpc) is 2.33. The van der Waals surface area contributed by atoms with Crippen LogP contribution in [0.15, 0.2) is 18.2 Å². The molecule has 1 aliphatic heterocycles. The molecule has 0 amide bonds. The minimum Gasteiger partial charge on any atom is -0.373 e.